The van der Waals surface area contributed by atoms with Crippen LogP contribution in [-0.2, 0) is 0 Å². The highest BCUT2D eigenvalue weighted by molar-refractivity contribution is 6.22. The molecule has 0 N–H and O–H groups in total. The van der Waals surface area contributed by atoms with Gasteiger partial charge in [0.25, 0.3) is 0 Å². The summed E-state index contributed by atoms with van der Waals surface area (Å²) in [5.74, 6) is 0. The van der Waals surface area contributed by atoms with Crippen molar-refractivity contribution in [3.63, 3.8) is 0 Å². The number of fused-ring (bicyclic) bond motifs is 3. The van der Waals surface area contributed by atoms with E-state index in [1.54, 1.807) is 0 Å². The van der Waals surface area contributed by atoms with Gasteiger partial charge in [-0.3, -0.25) is 0 Å². The van der Waals surface area contributed by atoms with Gasteiger partial charge in [0.15, 0.2) is 0 Å². The van der Waals surface area contributed by atoms with E-state index in [4.69, 9.17) is 0 Å². The molecule has 10 aromatic carbocycles. The molecule has 1 heteroatoms. The molecule has 0 saturated heterocycles. The van der Waals surface area contributed by atoms with E-state index in [2.05, 4.69) is 241 Å². The molecule has 0 aromatic heterocycles. The van der Waals surface area contributed by atoms with Crippen molar-refractivity contribution in [1.82, 2.24) is 0 Å². The summed E-state index contributed by atoms with van der Waals surface area (Å²) in [6.07, 6.45) is 0. The molecule has 1 nitrogen and oxygen atoms in total. The number of anilines is 3. The van der Waals surface area contributed by atoms with Gasteiger partial charge in [0, 0.05) is 17.1 Å². The van der Waals surface area contributed by atoms with E-state index < -0.39 is 0 Å². The van der Waals surface area contributed by atoms with E-state index in [0.717, 1.165) is 17.1 Å². The third-order valence-electron chi connectivity index (χ3n) is 11.1. The smallest absolute Gasteiger partial charge is 0.0467 e. The molecule has 0 spiro atoms. The summed E-state index contributed by atoms with van der Waals surface area (Å²) >= 11 is 0. The normalized spacial score (nSPS) is 11.2. The van der Waals surface area contributed by atoms with Crippen molar-refractivity contribution < 1.29 is 0 Å². The Kier molecular flexibility index (Phi) is 8.95. The van der Waals surface area contributed by atoms with Crippen molar-refractivity contribution in [2.75, 3.05) is 4.90 Å². The topological polar surface area (TPSA) is 3.24 Å². The van der Waals surface area contributed by atoms with Crippen molar-refractivity contribution in [1.29, 1.82) is 0 Å². The van der Waals surface area contributed by atoms with Gasteiger partial charge in [-0.2, -0.15) is 0 Å². The number of benzene rings is 10. The third-order valence-corrected chi connectivity index (χ3v) is 11.1. The van der Waals surface area contributed by atoms with Crippen LogP contribution in [0.1, 0.15) is 0 Å². The summed E-state index contributed by atoms with van der Waals surface area (Å²) in [6.45, 7) is 0. The zero-order valence-corrected chi connectivity index (χ0v) is 31.5. The van der Waals surface area contributed by atoms with Crippen LogP contribution in [0.15, 0.2) is 237 Å². The Morgan fingerprint density at radius 3 is 1.12 bits per heavy atom. The molecule has 0 amide bonds. The van der Waals surface area contributed by atoms with Crippen molar-refractivity contribution in [3.8, 4) is 55.6 Å². The minimum atomic E-state index is 1.10. The van der Waals surface area contributed by atoms with Gasteiger partial charge in [-0.05, 0) is 120 Å². The Morgan fingerprint density at radius 1 is 0.193 bits per heavy atom. The van der Waals surface area contributed by atoms with E-state index in [-0.39, 0.29) is 0 Å². The molecule has 0 bridgehead atoms. The molecule has 10 aromatic rings. The fraction of sp³-hybridized carbons (Fsp3) is 0. The Balaban J connectivity index is 1.10. The Hall–Kier alpha value is -7.48. The molecule has 0 aliphatic rings. The van der Waals surface area contributed by atoms with Gasteiger partial charge in [-0.15, -0.1) is 0 Å². The first kappa shape index (κ1) is 34.0. The van der Waals surface area contributed by atoms with Crippen LogP contribution < -0.4 is 4.90 Å². The van der Waals surface area contributed by atoms with Gasteiger partial charge in [0.1, 0.15) is 0 Å². The van der Waals surface area contributed by atoms with E-state index in [1.807, 2.05) is 0 Å². The van der Waals surface area contributed by atoms with Crippen LogP contribution in [-0.4, -0.2) is 0 Å². The van der Waals surface area contributed by atoms with Crippen LogP contribution in [0.25, 0.3) is 77.2 Å². The second-order valence-electron chi connectivity index (χ2n) is 14.5. The molecule has 57 heavy (non-hydrogen) atoms. The third kappa shape index (κ3) is 6.56. The molecule has 0 aliphatic heterocycles. The molecular weight excluding hydrogens is 687 g/mol. The molecule has 0 heterocycles. The Bertz CT molecular complexity index is 2950. The standard InChI is InChI=1S/C56H39N/c1-5-16-40(17-6-1)42-28-33-48(34-29-42)57(50-25-15-24-46(38-50)41-18-7-2-8-19-41)49-35-30-43(31-36-49)47-32-37-52-51-26-13-14-27-53(51)55(44-20-9-3-10-21-44)56(54(52)39-47)45-22-11-4-12-23-45/h1-39H. The van der Waals surface area contributed by atoms with Crippen LogP contribution in [0.5, 0.6) is 0 Å². The fourth-order valence-corrected chi connectivity index (χ4v) is 8.32. The maximum atomic E-state index is 2.40. The second-order valence-corrected chi connectivity index (χ2v) is 14.5. The van der Waals surface area contributed by atoms with Crippen molar-refractivity contribution >= 4 is 38.6 Å². The van der Waals surface area contributed by atoms with Crippen LogP contribution >= 0.6 is 0 Å². The Labute approximate surface area is 334 Å². The SMILES string of the molecule is c1ccc(-c2ccc(N(c3ccc(-c4ccc5c(c4)c(-c4ccccc4)c(-c4ccccc4)c4ccccc45)cc3)c3cccc(-c4ccccc4)c3)cc2)cc1. The lowest BCUT2D eigenvalue weighted by molar-refractivity contribution is 1.28. The molecule has 0 fully saturated rings. The first-order valence-electron chi connectivity index (χ1n) is 19.6. The summed E-state index contributed by atoms with van der Waals surface area (Å²) < 4.78 is 0. The summed E-state index contributed by atoms with van der Waals surface area (Å²) in [4.78, 5) is 2.36. The number of hydrogen-bond donors (Lipinski definition) is 0. The van der Waals surface area contributed by atoms with E-state index in [0.29, 0.717) is 0 Å². The number of rotatable bonds is 8. The summed E-state index contributed by atoms with van der Waals surface area (Å²) in [6, 6.07) is 85.5. The maximum absolute atomic E-state index is 2.40. The molecule has 0 saturated carbocycles. The van der Waals surface area contributed by atoms with Gasteiger partial charge < -0.3 is 4.90 Å². The van der Waals surface area contributed by atoms with Crippen molar-refractivity contribution in [2.45, 2.75) is 0 Å². The predicted molar refractivity (Wildman–Crippen MR) is 243 cm³/mol. The van der Waals surface area contributed by atoms with Crippen molar-refractivity contribution in [3.05, 3.63) is 237 Å². The summed E-state index contributed by atoms with van der Waals surface area (Å²) in [5.41, 5.74) is 15.4. The zero-order valence-electron chi connectivity index (χ0n) is 31.5. The fourth-order valence-electron chi connectivity index (χ4n) is 8.32. The highest BCUT2D eigenvalue weighted by atomic mass is 15.1. The van der Waals surface area contributed by atoms with Gasteiger partial charge in [-0.25, -0.2) is 0 Å². The predicted octanol–water partition coefficient (Wildman–Crippen LogP) is 15.8. The lowest BCUT2D eigenvalue weighted by atomic mass is 9.84. The zero-order chi connectivity index (χ0) is 38.0. The average Bonchev–Trinajstić information content (AvgIpc) is 3.30. The molecule has 0 unspecified atom stereocenters. The highest BCUT2D eigenvalue weighted by Gasteiger charge is 2.19. The van der Waals surface area contributed by atoms with Gasteiger partial charge in [-0.1, -0.05) is 194 Å². The lowest BCUT2D eigenvalue weighted by Crippen LogP contribution is -2.10. The largest absolute Gasteiger partial charge is 0.310 e. The molecule has 0 aliphatic carbocycles. The van der Waals surface area contributed by atoms with Crippen LogP contribution in [0.2, 0.25) is 0 Å². The van der Waals surface area contributed by atoms with Gasteiger partial charge in [0.2, 0.25) is 0 Å². The highest BCUT2D eigenvalue weighted by Crippen LogP contribution is 2.46. The first-order chi connectivity index (χ1) is 28.3. The molecule has 0 atom stereocenters. The summed E-state index contributed by atoms with van der Waals surface area (Å²) in [5, 5.41) is 5.03. The Morgan fingerprint density at radius 2 is 0.561 bits per heavy atom. The molecule has 268 valence electrons. The minimum Gasteiger partial charge on any atom is -0.310 e. The van der Waals surface area contributed by atoms with Gasteiger partial charge in [0.05, 0.1) is 0 Å². The van der Waals surface area contributed by atoms with Crippen molar-refractivity contribution in [2.24, 2.45) is 0 Å². The molecular formula is C56H39N. The summed E-state index contributed by atoms with van der Waals surface area (Å²) in [7, 11) is 0. The van der Waals surface area contributed by atoms with E-state index >= 15 is 0 Å². The van der Waals surface area contributed by atoms with Gasteiger partial charge >= 0.3 is 0 Å². The van der Waals surface area contributed by atoms with E-state index in [9.17, 15) is 0 Å². The number of hydrogen-bond acceptors (Lipinski definition) is 1. The second kappa shape index (κ2) is 15.0. The average molecular weight is 726 g/mol. The van der Waals surface area contributed by atoms with Crippen LogP contribution in [0, 0.1) is 0 Å². The van der Waals surface area contributed by atoms with Crippen LogP contribution in [0.4, 0.5) is 17.1 Å². The molecule has 10 rings (SSSR count). The lowest BCUT2D eigenvalue weighted by Gasteiger charge is -2.26. The molecule has 0 radical (unpaired) electrons. The van der Waals surface area contributed by atoms with E-state index in [1.165, 1.54) is 77.2 Å². The maximum Gasteiger partial charge on any atom is 0.0467 e. The van der Waals surface area contributed by atoms with Crippen LogP contribution in [0.3, 0.4) is 0 Å². The first-order valence-corrected chi connectivity index (χ1v) is 19.6. The quantitative estimate of drug-likeness (QED) is 0.141. The minimum absolute atomic E-state index is 1.10. The number of nitrogens with zero attached hydrogens (tertiary/aromatic N) is 1. The monoisotopic (exact) mass is 725 g/mol.